The second kappa shape index (κ2) is 3.79. The van der Waals surface area contributed by atoms with Crippen molar-refractivity contribution in [1.29, 1.82) is 0 Å². The van der Waals surface area contributed by atoms with Crippen molar-refractivity contribution in [2.24, 2.45) is 0 Å². The van der Waals surface area contributed by atoms with E-state index >= 15 is 0 Å². The summed E-state index contributed by atoms with van der Waals surface area (Å²) in [5.41, 5.74) is 26.1. The third kappa shape index (κ3) is 1.90. The summed E-state index contributed by atoms with van der Waals surface area (Å²) in [5.74, 6) is 0.114. The maximum atomic E-state index is 9.29. The molecule has 17 heavy (non-hydrogen) atoms. The molecule has 0 aliphatic rings. The van der Waals surface area contributed by atoms with Gasteiger partial charge in [-0.3, -0.25) is 0 Å². The van der Waals surface area contributed by atoms with E-state index in [1.165, 1.54) is 6.07 Å². The minimum atomic E-state index is 0.114. The van der Waals surface area contributed by atoms with Gasteiger partial charge in [0.25, 0.3) is 0 Å². The maximum Gasteiger partial charge on any atom is 0.117 e. The average molecular weight is 230 g/mol. The highest BCUT2D eigenvalue weighted by Crippen LogP contribution is 2.34. The second-order valence-electron chi connectivity index (χ2n) is 3.84. The predicted octanol–water partition coefficient (Wildman–Crippen LogP) is 1.39. The van der Waals surface area contributed by atoms with Crippen molar-refractivity contribution in [2.45, 2.75) is 0 Å². The Hall–Kier alpha value is -2.56. The van der Waals surface area contributed by atoms with Gasteiger partial charge in [-0.25, -0.2) is 0 Å². The van der Waals surface area contributed by atoms with E-state index in [4.69, 9.17) is 22.9 Å². The number of phenols is 1. The van der Waals surface area contributed by atoms with Gasteiger partial charge < -0.3 is 28.0 Å². The molecule has 9 N–H and O–H groups in total. The van der Waals surface area contributed by atoms with E-state index in [0.29, 0.717) is 22.7 Å². The Labute approximate surface area is 98.6 Å². The molecule has 2 aromatic carbocycles. The molecule has 5 heteroatoms. The zero-order valence-corrected chi connectivity index (χ0v) is 9.14. The first-order valence-corrected chi connectivity index (χ1v) is 5.02. The quantitative estimate of drug-likeness (QED) is 0.473. The lowest BCUT2D eigenvalue weighted by molar-refractivity contribution is 0.476. The van der Waals surface area contributed by atoms with Gasteiger partial charge in [0.15, 0.2) is 0 Å². The zero-order valence-electron chi connectivity index (χ0n) is 9.14. The molecule has 88 valence electrons. The average Bonchev–Trinajstić information content (AvgIpc) is 2.25. The molecule has 5 nitrogen and oxygen atoms in total. The van der Waals surface area contributed by atoms with Crippen LogP contribution in [0.4, 0.5) is 22.7 Å². The van der Waals surface area contributed by atoms with Crippen LogP contribution in [0.25, 0.3) is 11.1 Å². The number of anilines is 4. The van der Waals surface area contributed by atoms with Crippen LogP contribution in [-0.2, 0) is 0 Å². The molecule has 0 saturated heterocycles. The Morgan fingerprint density at radius 2 is 1.35 bits per heavy atom. The van der Waals surface area contributed by atoms with Crippen LogP contribution in [0.5, 0.6) is 5.75 Å². The molecule has 2 rings (SSSR count). The molecule has 0 saturated carbocycles. The van der Waals surface area contributed by atoms with E-state index in [1.807, 2.05) is 0 Å². The summed E-state index contributed by atoms with van der Waals surface area (Å²) in [6, 6.07) is 8.13. The summed E-state index contributed by atoms with van der Waals surface area (Å²) >= 11 is 0. The molecular weight excluding hydrogens is 216 g/mol. The Balaban J connectivity index is 2.61. The molecular formula is C12H14N4O. The minimum absolute atomic E-state index is 0.114. The van der Waals surface area contributed by atoms with Crippen molar-refractivity contribution in [1.82, 2.24) is 0 Å². The smallest absolute Gasteiger partial charge is 0.117 e. The SMILES string of the molecule is Nc1cc(O)ccc1-c1cc(N)c(N)c(N)c1. The van der Waals surface area contributed by atoms with Crippen molar-refractivity contribution in [3.8, 4) is 16.9 Å². The summed E-state index contributed by atoms with van der Waals surface area (Å²) in [5, 5.41) is 9.29. The van der Waals surface area contributed by atoms with Gasteiger partial charge in [0.1, 0.15) is 5.75 Å². The lowest BCUT2D eigenvalue weighted by Gasteiger charge is -2.10. The first-order valence-electron chi connectivity index (χ1n) is 5.02. The van der Waals surface area contributed by atoms with Crippen LogP contribution in [-0.4, -0.2) is 5.11 Å². The van der Waals surface area contributed by atoms with Crippen LogP contribution in [0, 0.1) is 0 Å². The number of rotatable bonds is 1. The van der Waals surface area contributed by atoms with E-state index in [0.717, 1.165) is 11.1 Å². The van der Waals surface area contributed by atoms with E-state index < -0.39 is 0 Å². The van der Waals surface area contributed by atoms with Gasteiger partial charge in [0, 0.05) is 17.3 Å². The van der Waals surface area contributed by atoms with E-state index in [9.17, 15) is 5.11 Å². The van der Waals surface area contributed by atoms with Crippen LogP contribution in [0.1, 0.15) is 0 Å². The molecule has 0 heterocycles. The van der Waals surface area contributed by atoms with Crippen molar-refractivity contribution in [2.75, 3.05) is 22.9 Å². The fourth-order valence-electron chi connectivity index (χ4n) is 1.67. The predicted molar refractivity (Wildman–Crippen MR) is 71.2 cm³/mol. The fourth-order valence-corrected chi connectivity index (χ4v) is 1.67. The van der Waals surface area contributed by atoms with Gasteiger partial charge in [-0.1, -0.05) is 0 Å². The van der Waals surface area contributed by atoms with Crippen LogP contribution in [0.2, 0.25) is 0 Å². The maximum absolute atomic E-state index is 9.29. The summed E-state index contributed by atoms with van der Waals surface area (Å²) in [6.45, 7) is 0. The number of hydrogen-bond donors (Lipinski definition) is 5. The summed E-state index contributed by atoms with van der Waals surface area (Å²) in [4.78, 5) is 0. The zero-order chi connectivity index (χ0) is 12.6. The lowest BCUT2D eigenvalue weighted by Crippen LogP contribution is -2.01. The van der Waals surface area contributed by atoms with Gasteiger partial charge in [-0.05, 0) is 29.8 Å². The Kier molecular flexibility index (Phi) is 2.44. The van der Waals surface area contributed by atoms with Crippen LogP contribution in [0.3, 0.4) is 0 Å². The molecule has 2 aromatic rings. The van der Waals surface area contributed by atoms with E-state index in [1.54, 1.807) is 24.3 Å². The van der Waals surface area contributed by atoms with E-state index in [-0.39, 0.29) is 5.75 Å². The molecule has 0 bridgehead atoms. The molecule has 0 atom stereocenters. The molecule has 0 unspecified atom stereocenters. The summed E-state index contributed by atoms with van der Waals surface area (Å²) in [7, 11) is 0. The summed E-state index contributed by atoms with van der Waals surface area (Å²) < 4.78 is 0. The Bertz CT molecular complexity index is 558. The number of nitrogen functional groups attached to an aromatic ring is 4. The molecule has 0 spiro atoms. The largest absolute Gasteiger partial charge is 0.508 e. The van der Waals surface area contributed by atoms with Crippen LogP contribution >= 0.6 is 0 Å². The molecule has 0 aromatic heterocycles. The number of benzene rings is 2. The Morgan fingerprint density at radius 1 is 0.765 bits per heavy atom. The molecule has 0 aliphatic heterocycles. The number of nitrogens with two attached hydrogens (primary N) is 4. The minimum Gasteiger partial charge on any atom is -0.508 e. The standard InChI is InChI=1S/C12H14N4O/c13-9-5-7(17)1-2-8(9)6-3-10(14)12(16)11(15)4-6/h1-5,17H,13-16H2. The first kappa shape index (κ1) is 10.9. The lowest BCUT2D eigenvalue weighted by atomic mass is 10.0. The first-order chi connectivity index (χ1) is 7.99. The molecule has 0 amide bonds. The van der Waals surface area contributed by atoms with Gasteiger partial charge in [0.05, 0.1) is 17.1 Å². The highest BCUT2D eigenvalue weighted by molar-refractivity contribution is 5.87. The van der Waals surface area contributed by atoms with E-state index in [2.05, 4.69) is 0 Å². The highest BCUT2D eigenvalue weighted by atomic mass is 16.3. The third-order valence-electron chi connectivity index (χ3n) is 2.59. The van der Waals surface area contributed by atoms with Gasteiger partial charge in [-0.15, -0.1) is 0 Å². The van der Waals surface area contributed by atoms with Crippen molar-refractivity contribution >= 4 is 22.7 Å². The second-order valence-corrected chi connectivity index (χ2v) is 3.84. The monoisotopic (exact) mass is 230 g/mol. The van der Waals surface area contributed by atoms with Crippen molar-refractivity contribution < 1.29 is 5.11 Å². The topological polar surface area (TPSA) is 124 Å². The molecule has 0 aliphatic carbocycles. The third-order valence-corrected chi connectivity index (χ3v) is 2.59. The molecule has 0 fully saturated rings. The number of phenolic OH excluding ortho intramolecular Hbond substituents is 1. The van der Waals surface area contributed by atoms with Crippen molar-refractivity contribution in [3.63, 3.8) is 0 Å². The summed E-state index contributed by atoms with van der Waals surface area (Å²) in [6.07, 6.45) is 0. The molecule has 0 radical (unpaired) electrons. The van der Waals surface area contributed by atoms with Crippen LogP contribution in [0.15, 0.2) is 30.3 Å². The Morgan fingerprint density at radius 3 is 1.88 bits per heavy atom. The van der Waals surface area contributed by atoms with Gasteiger partial charge in [0.2, 0.25) is 0 Å². The number of hydrogen-bond acceptors (Lipinski definition) is 5. The number of aromatic hydroxyl groups is 1. The van der Waals surface area contributed by atoms with Gasteiger partial charge in [-0.2, -0.15) is 0 Å². The van der Waals surface area contributed by atoms with Gasteiger partial charge >= 0.3 is 0 Å². The highest BCUT2D eigenvalue weighted by Gasteiger charge is 2.08. The fraction of sp³-hybridized carbons (Fsp3) is 0. The van der Waals surface area contributed by atoms with Crippen LogP contribution < -0.4 is 22.9 Å². The normalized spacial score (nSPS) is 10.4. The van der Waals surface area contributed by atoms with Crippen molar-refractivity contribution in [3.05, 3.63) is 30.3 Å².